The molecule has 0 bridgehead atoms. The molecule has 2 atom stereocenters. The summed E-state index contributed by atoms with van der Waals surface area (Å²) in [6.45, 7) is 5.21. The van der Waals surface area contributed by atoms with Crippen LogP contribution in [0.2, 0.25) is 0 Å². The number of rotatable bonds is 4. The molecule has 2 heterocycles. The second-order valence-corrected chi connectivity index (χ2v) is 4.20. The SMILES string of the molecule is Cc1nc(CNCC2(O)CCOC2C)no1. The van der Waals surface area contributed by atoms with Gasteiger partial charge in [0.25, 0.3) is 0 Å². The number of aryl methyl sites for hydroxylation is 1. The first-order valence-electron chi connectivity index (χ1n) is 5.44. The van der Waals surface area contributed by atoms with Gasteiger partial charge in [0.1, 0.15) is 5.60 Å². The maximum absolute atomic E-state index is 10.2. The van der Waals surface area contributed by atoms with Gasteiger partial charge in [0, 0.05) is 26.5 Å². The fraction of sp³-hybridized carbons (Fsp3) is 0.800. The second kappa shape index (κ2) is 4.48. The minimum Gasteiger partial charge on any atom is -0.386 e. The zero-order valence-electron chi connectivity index (χ0n) is 9.56. The van der Waals surface area contributed by atoms with Gasteiger partial charge in [-0.05, 0) is 6.92 Å². The lowest BCUT2D eigenvalue weighted by atomic mass is 9.97. The third-order valence-electron chi connectivity index (χ3n) is 2.94. The average Bonchev–Trinajstić information content (AvgIpc) is 2.76. The van der Waals surface area contributed by atoms with Gasteiger partial charge in [-0.2, -0.15) is 4.98 Å². The molecule has 0 aliphatic carbocycles. The van der Waals surface area contributed by atoms with E-state index in [0.717, 1.165) is 0 Å². The van der Waals surface area contributed by atoms with Crippen molar-refractivity contribution in [2.45, 2.75) is 38.5 Å². The van der Waals surface area contributed by atoms with Gasteiger partial charge in [-0.15, -0.1) is 0 Å². The Morgan fingerprint density at radius 1 is 1.62 bits per heavy atom. The smallest absolute Gasteiger partial charge is 0.223 e. The van der Waals surface area contributed by atoms with E-state index in [1.54, 1.807) is 6.92 Å². The van der Waals surface area contributed by atoms with Gasteiger partial charge < -0.3 is 19.7 Å². The van der Waals surface area contributed by atoms with E-state index < -0.39 is 5.60 Å². The summed E-state index contributed by atoms with van der Waals surface area (Å²) in [5.74, 6) is 1.15. The van der Waals surface area contributed by atoms with Crippen molar-refractivity contribution >= 4 is 0 Å². The average molecular weight is 227 g/mol. The summed E-state index contributed by atoms with van der Waals surface area (Å²) in [5, 5.41) is 17.1. The van der Waals surface area contributed by atoms with Crippen molar-refractivity contribution in [3.63, 3.8) is 0 Å². The van der Waals surface area contributed by atoms with Crippen LogP contribution in [0.5, 0.6) is 0 Å². The van der Waals surface area contributed by atoms with Crippen LogP contribution in [-0.2, 0) is 11.3 Å². The third-order valence-corrected chi connectivity index (χ3v) is 2.94. The summed E-state index contributed by atoms with van der Waals surface area (Å²) in [6.07, 6.45) is 0.527. The lowest BCUT2D eigenvalue weighted by Crippen LogP contribution is -2.45. The first kappa shape index (κ1) is 11.5. The molecule has 0 aromatic carbocycles. The molecule has 6 nitrogen and oxygen atoms in total. The normalized spacial score (nSPS) is 29.8. The number of hydrogen-bond acceptors (Lipinski definition) is 6. The van der Waals surface area contributed by atoms with E-state index in [1.165, 1.54) is 0 Å². The van der Waals surface area contributed by atoms with Crippen LogP contribution in [0, 0.1) is 6.92 Å². The highest BCUT2D eigenvalue weighted by Crippen LogP contribution is 2.24. The number of ether oxygens (including phenoxy) is 1. The van der Waals surface area contributed by atoms with Gasteiger partial charge in [0.05, 0.1) is 12.6 Å². The van der Waals surface area contributed by atoms with E-state index >= 15 is 0 Å². The topological polar surface area (TPSA) is 80.4 Å². The Bertz CT molecular complexity index is 355. The van der Waals surface area contributed by atoms with E-state index in [2.05, 4.69) is 15.5 Å². The zero-order chi connectivity index (χ0) is 11.6. The molecule has 90 valence electrons. The molecule has 1 saturated heterocycles. The summed E-state index contributed by atoms with van der Waals surface area (Å²) in [7, 11) is 0. The van der Waals surface area contributed by atoms with Crippen LogP contribution in [0.4, 0.5) is 0 Å². The van der Waals surface area contributed by atoms with Crippen LogP contribution in [0.3, 0.4) is 0 Å². The highest BCUT2D eigenvalue weighted by Gasteiger charge is 2.38. The standard InChI is InChI=1S/C10H17N3O3/c1-7-10(14,3-4-15-7)6-11-5-9-12-8(2)16-13-9/h7,11,14H,3-6H2,1-2H3. The molecule has 1 aliphatic rings. The number of aliphatic hydroxyl groups is 1. The largest absolute Gasteiger partial charge is 0.386 e. The predicted octanol–water partition coefficient (Wildman–Crippen LogP) is 0.00752. The van der Waals surface area contributed by atoms with Crippen molar-refractivity contribution in [3.05, 3.63) is 11.7 Å². The highest BCUT2D eigenvalue weighted by atomic mass is 16.5. The molecule has 2 unspecified atom stereocenters. The van der Waals surface area contributed by atoms with Crippen LogP contribution in [0.1, 0.15) is 25.1 Å². The van der Waals surface area contributed by atoms with Crippen LogP contribution in [-0.4, -0.2) is 40.1 Å². The number of nitrogens with zero attached hydrogens (tertiary/aromatic N) is 2. The minimum absolute atomic E-state index is 0.132. The molecule has 0 saturated carbocycles. The van der Waals surface area contributed by atoms with E-state index in [1.807, 2.05) is 6.92 Å². The van der Waals surface area contributed by atoms with E-state index in [4.69, 9.17) is 9.26 Å². The summed E-state index contributed by atoms with van der Waals surface area (Å²) in [5.41, 5.74) is -0.779. The van der Waals surface area contributed by atoms with Crippen molar-refractivity contribution in [3.8, 4) is 0 Å². The second-order valence-electron chi connectivity index (χ2n) is 4.20. The Labute approximate surface area is 94.0 Å². The molecule has 2 N–H and O–H groups in total. The maximum atomic E-state index is 10.2. The van der Waals surface area contributed by atoms with E-state index in [-0.39, 0.29) is 6.10 Å². The first-order valence-corrected chi connectivity index (χ1v) is 5.44. The first-order chi connectivity index (χ1) is 7.60. The fourth-order valence-electron chi connectivity index (χ4n) is 1.81. The Morgan fingerprint density at radius 3 is 3.00 bits per heavy atom. The summed E-state index contributed by atoms with van der Waals surface area (Å²) < 4.78 is 10.2. The molecule has 2 rings (SSSR count). The summed E-state index contributed by atoms with van der Waals surface area (Å²) in [6, 6.07) is 0. The molecular weight excluding hydrogens is 210 g/mol. The van der Waals surface area contributed by atoms with Crippen molar-refractivity contribution in [1.29, 1.82) is 0 Å². The van der Waals surface area contributed by atoms with Gasteiger partial charge in [-0.25, -0.2) is 0 Å². The Morgan fingerprint density at radius 2 is 2.44 bits per heavy atom. The van der Waals surface area contributed by atoms with E-state index in [0.29, 0.717) is 37.8 Å². The Hall–Kier alpha value is -0.980. The van der Waals surface area contributed by atoms with Gasteiger partial charge >= 0.3 is 0 Å². The van der Waals surface area contributed by atoms with Crippen LogP contribution >= 0.6 is 0 Å². The molecule has 0 amide bonds. The number of nitrogens with one attached hydrogen (secondary N) is 1. The monoisotopic (exact) mass is 227 g/mol. The maximum Gasteiger partial charge on any atom is 0.223 e. The Balaban J connectivity index is 1.79. The molecule has 16 heavy (non-hydrogen) atoms. The van der Waals surface area contributed by atoms with Gasteiger partial charge in [-0.1, -0.05) is 5.16 Å². The quantitative estimate of drug-likeness (QED) is 0.754. The van der Waals surface area contributed by atoms with Crippen molar-refractivity contribution in [2.24, 2.45) is 0 Å². The Kier molecular flexibility index (Phi) is 3.22. The molecular formula is C10H17N3O3. The fourth-order valence-corrected chi connectivity index (χ4v) is 1.81. The molecule has 1 aromatic heterocycles. The highest BCUT2D eigenvalue weighted by molar-refractivity contribution is 4.92. The van der Waals surface area contributed by atoms with E-state index in [9.17, 15) is 5.11 Å². The molecule has 1 aromatic rings. The molecule has 6 heteroatoms. The van der Waals surface area contributed by atoms with Crippen molar-refractivity contribution in [2.75, 3.05) is 13.2 Å². The minimum atomic E-state index is -0.779. The van der Waals surface area contributed by atoms with Gasteiger partial charge in [0.15, 0.2) is 5.82 Å². The van der Waals surface area contributed by atoms with Gasteiger partial charge in [-0.3, -0.25) is 0 Å². The molecule has 0 spiro atoms. The van der Waals surface area contributed by atoms with Crippen LogP contribution < -0.4 is 5.32 Å². The molecule has 0 radical (unpaired) electrons. The zero-order valence-corrected chi connectivity index (χ0v) is 9.56. The van der Waals surface area contributed by atoms with Crippen molar-refractivity contribution in [1.82, 2.24) is 15.5 Å². The summed E-state index contributed by atoms with van der Waals surface area (Å²) in [4.78, 5) is 4.06. The molecule has 1 fully saturated rings. The predicted molar refractivity (Wildman–Crippen MR) is 55.7 cm³/mol. The van der Waals surface area contributed by atoms with Crippen LogP contribution in [0.25, 0.3) is 0 Å². The lowest BCUT2D eigenvalue weighted by Gasteiger charge is -2.25. The van der Waals surface area contributed by atoms with Crippen molar-refractivity contribution < 1.29 is 14.4 Å². The van der Waals surface area contributed by atoms with Crippen LogP contribution in [0.15, 0.2) is 4.52 Å². The third kappa shape index (κ3) is 2.40. The number of hydrogen-bond donors (Lipinski definition) is 2. The van der Waals surface area contributed by atoms with Gasteiger partial charge in [0.2, 0.25) is 5.89 Å². The lowest BCUT2D eigenvalue weighted by molar-refractivity contribution is -0.0263. The number of aromatic nitrogens is 2. The summed E-state index contributed by atoms with van der Waals surface area (Å²) >= 11 is 0. The molecule has 1 aliphatic heterocycles.